The smallest absolute Gasteiger partial charge is 0.349 e. The fourth-order valence-corrected chi connectivity index (χ4v) is 3.83. The molecular formula is C24H24N2O5. The second-order valence-corrected chi connectivity index (χ2v) is 7.87. The lowest BCUT2D eigenvalue weighted by molar-refractivity contribution is -0.121. The van der Waals surface area contributed by atoms with E-state index in [9.17, 15) is 14.4 Å². The fraction of sp³-hybridized carbons (Fsp3) is 0.292. The minimum absolute atomic E-state index is 0.0496. The summed E-state index contributed by atoms with van der Waals surface area (Å²) >= 11 is 0. The van der Waals surface area contributed by atoms with Gasteiger partial charge in [0, 0.05) is 29.2 Å². The Morgan fingerprint density at radius 3 is 2.71 bits per heavy atom. The number of amides is 2. The van der Waals surface area contributed by atoms with Crippen LogP contribution >= 0.6 is 0 Å². The second-order valence-electron chi connectivity index (χ2n) is 7.87. The molecule has 0 fully saturated rings. The molecule has 2 aromatic carbocycles. The minimum atomic E-state index is -0.746. The van der Waals surface area contributed by atoms with E-state index in [-0.39, 0.29) is 17.4 Å². The Labute approximate surface area is 179 Å². The van der Waals surface area contributed by atoms with Gasteiger partial charge in [0.05, 0.1) is 7.11 Å². The molecule has 1 aliphatic heterocycles. The Bertz CT molecular complexity index is 1230. The van der Waals surface area contributed by atoms with E-state index in [0.29, 0.717) is 29.0 Å². The van der Waals surface area contributed by atoms with Gasteiger partial charge >= 0.3 is 5.63 Å². The Balaban J connectivity index is 1.65. The van der Waals surface area contributed by atoms with E-state index in [2.05, 4.69) is 5.32 Å². The van der Waals surface area contributed by atoms with E-state index >= 15 is 0 Å². The molecule has 0 bridgehead atoms. The van der Waals surface area contributed by atoms with Crippen LogP contribution in [0.1, 0.15) is 36.2 Å². The van der Waals surface area contributed by atoms with Crippen LogP contribution in [-0.2, 0) is 11.2 Å². The van der Waals surface area contributed by atoms with Crippen molar-refractivity contribution in [3.8, 4) is 5.75 Å². The van der Waals surface area contributed by atoms with Crippen molar-refractivity contribution >= 4 is 34.2 Å². The molecule has 1 aromatic heterocycles. The van der Waals surface area contributed by atoms with E-state index in [4.69, 9.17) is 9.15 Å². The summed E-state index contributed by atoms with van der Waals surface area (Å²) in [6.45, 7) is 4.39. The SMILES string of the molecule is COc1cccc2cc(C(=O)Nc3ccc4c(c3)N(C(=O)C(C)C)CCC4)c(=O)oc12. The highest BCUT2D eigenvalue weighted by Gasteiger charge is 2.25. The maximum atomic E-state index is 12.8. The lowest BCUT2D eigenvalue weighted by Gasteiger charge is -2.31. The molecule has 0 saturated heterocycles. The third-order valence-corrected chi connectivity index (χ3v) is 5.41. The summed E-state index contributed by atoms with van der Waals surface area (Å²) in [5, 5.41) is 3.35. The van der Waals surface area contributed by atoms with E-state index in [0.717, 1.165) is 24.1 Å². The highest BCUT2D eigenvalue weighted by atomic mass is 16.5. The summed E-state index contributed by atoms with van der Waals surface area (Å²) in [6.07, 6.45) is 1.78. The molecule has 4 rings (SSSR count). The molecule has 1 aliphatic rings. The highest BCUT2D eigenvalue weighted by Crippen LogP contribution is 2.31. The van der Waals surface area contributed by atoms with Gasteiger partial charge in [-0.1, -0.05) is 32.0 Å². The third kappa shape index (κ3) is 3.91. The van der Waals surface area contributed by atoms with Crippen molar-refractivity contribution in [1.82, 2.24) is 0 Å². The number of hydrogen-bond donors (Lipinski definition) is 1. The van der Waals surface area contributed by atoms with Crippen LogP contribution in [0.5, 0.6) is 5.75 Å². The van der Waals surface area contributed by atoms with Gasteiger partial charge in [-0.15, -0.1) is 0 Å². The van der Waals surface area contributed by atoms with E-state index < -0.39 is 11.5 Å². The van der Waals surface area contributed by atoms with Gasteiger partial charge in [0.25, 0.3) is 5.91 Å². The van der Waals surface area contributed by atoms with Crippen LogP contribution < -0.4 is 20.6 Å². The molecule has 0 aliphatic carbocycles. The Morgan fingerprint density at radius 1 is 1.16 bits per heavy atom. The first-order chi connectivity index (χ1) is 14.9. The third-order valence-electron chi connectivity index (χ3n) is 5.41. The molecule has 7 heteroatoms. The Hall–Kier alpha value is -3.61. The Morgan fingerprint density at radius 2 is 1.97 bits per heavy atom. The first-order valence-electron chi connectivity index (χ1n) is 10.3. The number of hydrogen-bond acceptors (Lipinski definition) is 5. The monoisotopic (exact) mass is 420 g/mol. The van der Waals surface area contributed by atoms with Crippen molar-refractivity contribution in [3.63, 3.8) is 0 Å². The molecule has 7 nitrogen and oxygen atoms in total. The van der Waals surface area contributed by atoms with Crippen molar-refractivity contribution in [2.45, 2.75) is 26.7 Å². The molecule has 0 atom stereocenters. The average Bonchev–Trinajstić information content (AvgIpc) is 2.77. The molecule has 31 heavy (non-hydrogen) atoms. The van der Waals surface area contributed by atoms with Crippen LogP contribution in [0.3, 0.4) is 0 Å². The highest BCUT2D eigenvalue weighted by molar-refractivity contribution is 6.06. The van der Waals surface area contributed by atoms with Crippen LogP contribution in [0.25, 0.3) is 11.0 Å². The maximum absolute atomic E-state index is 12.8. The van der Waals surface area contributed by atoms with E-state index in [1.54, 1.807) is 35.2 Å². The zero-order chi connectivity index (χ0) is 22.1. The Kier molecular flexibility index (Phi) is 5.50. The van der Waals surface area contributed by atoms with Gasteiger partial charge in [0.2, 0.25) is 5.91 Å². The van der Waals surface area contributed by atoms with E-state index in [1.807, 2.05) is 19.9 Å². The van der Waals surface area contributed by atoms with Crippen molar-refractivity contribution in [2.75, 3.05) is 23.9 Å². The van der Waals surface area contributed by atoms with Crippen molar-refractivity contribution in [3.05, 3.63) is 64.0 Å². The zero-order valence-corrected chi connectivity index (χ0v) is 17.7. The van der Waals surface area contributed by atoms with Crippen LogP contribution in [0.15, 0.2) is 51.7 Å². The molecule has 1 N–H and O–H groups in total. The number of fused-ring (bicyclic) bond motifs is 2. The van der Waals surface area contributed by atoms with Gasteiger partial charge in [-0.3, -0.25) is 9.59 Å². The van der Waals surface area contributed by atoms with Crippen LogP contribution in [0.2, 0.25) is 0 Å². The summed E-state index contributed by atoms with van der Waals surface area (Å²) < 4.78 is 10.6. The summed E-state index contributed by atoms with van der Waals surface area (Å²) in [7, 11) is 1.48. The fourth-order valence-electron chi connectivity index (χ4n) is 3.83. The van der Waals surface area contributed by atoms with Gasteiger partial charge in [0.1, 0.15) is 5.56 Å². The number of anilines is 2. The second kappa shape index (κ2) is 8.26. The molecule has 0 spiro atoms. The number of para-hydroxylation sites is 1. The number of methoxy groups -OCH3 is 1. The number of nitrogens with one attached hydrogen (secondary N) is 1. The number of carbonyl (C=O) groups excluding carboxylic acids is 2. The molecule has 160 valence electrons. The number of benzene rings is 2. The van der Waals surface area contributed by atoms with Crippen LogP contribution in [0.4, 0.5) is 11.4 Å². The molecule has 2 amide bonds. The lowest BCUT2D eigenvalue weighted by atomic mass is 9.99. The topological polar surface area (TPSA) is 88.9 Å². The molecule has 0 unspecified atom stereocenters. The minimum Gasteiger partial charge on any atom is -0.493 e. The summed E-state index contributed by atoms with van der Waals surface area (Å²) in [4.78, 5) is 39.7. The molecular weight excluding hydrogens is 396 g/mol. The average molecular weight is 420 g/mol. The lowest BCUT2D eigenvalue weighted by Crippen LogP contribution is -2.38. The first-order valence-corrected chi connectivity index (χ1v) is 10.3. The zero-order valence-electron chi connectivity index (χ0n) is 17.7. The first kappa shape index (κ1) is 20.7. The van der Waals surface area contributed by atoms with Gasteiger partial charge in [-0.2, -0.15) is 0 Å². The van der Waals surface area contributed by atoms with Gasteiger partial charge < -0.3 is 19.4 Å². The summed E-state index contributed by atoms with van der Waals surface area (Å²) in [5.41, 5.74) is 1.83. The van der Waals surface area contributed by atoms with Crippen molar-refractivity contribution < 1.29 is 18.7 Å². The van der Waals surface area contributed by atoms with E-state index in [1.165, 1.54) is 13.2 Å². The number of rotatable bonds is 4. The van der Waals surface area contributed by atoms with Crippen LogP contribution in [0, 0.1) is 5.92 Å². The van der Waals surface area contributed by atoms with Gasteiger partial charge in [-0.05, 0) is 42.7 Å². The maximum Gasteiger partial charge on any atom is 0.349 e. The standard InChI is InChI=1S/C24H24N2O5/c1-14(2)23(28)26-11-5-7-15-9-10-17(13-19(15)26)25-22(27)18-12-16-6-4-8-20(30-3)21(16)31-24(18)29/h4,6,8-10,12-14H,5,7,11H2,1-3H3,(H,25,27). The predicted octanol–water partition coefficient (Wildman–Crippen LogP) is 3.99. The van der Waals surface area contributed by atoms with Crippen molar-refractivity contribution in [1.29, 1.82) is 0 Å². The number of aryl methyl sites for hydroxylation is 1. The van der Waals surface area contributed by atoms with Crippen LogP contribution in [-0.4, -0.2) is 25.5 Å². The number of ether oxygens (including phenoxy) is 1. The quantitative estimate of drug-likeness (QED) is 0.645. The molecule has 0 radical (unpaired) electrons. The molecule has 2 heterocycles. The number of carbonyl (C=O) groups is 2. The largest absolute Gasteiger partial charge is 0.493 e. The normalized spacial score (nSPS) is 13.2. The van der Waals surface area contributed by atoms with Gasteiger partial charge in [0.15, 0.2) is 11.3 Å². The molecule has 0 saturated carbocycles. The number of nitrogens with zero attached hydrogens (tertiary/aromatic N) is 1. The summed E-state index contributed by atoms with van der Waals surface area (Å²) in [6, 6.07) is 12.2. The predicted molar refractivity (Wildman–Crippen MR) is 119 cm³/mol. The summed E-state index contributed by atoms with van der Waals surface area (Å²) in [5.74, 6) is -0.223. The van der Waals surface area contributed by atoms with Crippen molar-refractivity contribution in [2.24, 2.45) is 5.92 Å². The molecule has 3 aromatic rings. The van der Waals surface area contributed by atoms with Gasteiger partial charge in [-0.25, -0.2) is 4.79 Å².